The van der Waals surface area contributed by atoms with E-state index in [2.05, 4.69) is 34.1 Å². The number of hydrogen-bond donors (Lipinski definition) is 1. The summed E-state index contributed by atoms with van der Waals surface area (Å²) < 4.78 is 0. The molecule has 0 bridgehead atoms. The maximum Gasteiger partial charge on any atom is 0.150 e. The predicted molar refractivity (Wildman–Crippen MR) is 78.1 cm³/mol. The Morgan fingerprint density at radius 2 is 2.06 bits per heavy atom. The van der Waals surface area contributed by atoms with Crippen molar-refractivity contribution in [1.29, 1.82) is 0 Å². The summed E-state index contributed by atoms with van der Waals surface area (Å²) in [5, 5.41) is 4.14. The second-order valence-electron chi connectivity index (χ2n) is 4.65. The van der Waals surface area contributed by atoms with Crippen molar-refractivity contribution in [3.63, 3.8) is 0 Å². The predicted octanol–water partition coefficient (Wildman–Crippen LogP) is 2.57. The molecule has 4 nitrogen and oxygen atoms in total. The van der Waals surface area contributed by atoms with E-state index >= 15 is 0 Å². The summed E-state index contributed by atoms with van der Waals surface area (Å²) in [5.74, 6) is 1.48. The maximum atomic E-state index is 6.25. The van der Waals surface area contributed by atoms with Gasteiger partial charge in [-0.25, -0.2) is 4.98 Å². The van der Waals surface area contributed by atoms with Gasteiger partial charge in [0.2, 0.25) is 0 Å². The van der Waals surface area contributed by atoms with Crippen LogP contribution in [0.5, 0.6) is 0 Å². The number of pyridine rings is 1. The van der Waals surface area contributed by atoms with Gasteiger partial charge in [0, 0.05) is 32.7 Å². The van der Waals surface area contributed by atoms with Crippen LogP contribution in [0, 0.1) is 0 Å². The molecule has 1 aromatic rings. The maximum absolute atomic E-state index is 6.25. The number of piperazine rings is 1. The van der Waals surface area contributed by atoms with Crippen LogP contribution < -0.4 is 10.2 Å². The van der Waals surface area contributed by atoms with Gasteiger partial charge in [-0.15, -0.1) is 0 Å². The first-order valence-corrected chi connectivity index (χ1v) is 6.77. The minimum absolute atomic E-state index is 0.491. The Hall–Kier alpha value is -0.710. The summed E-state index contributed by atoms with van der Waals surface area (Å²) in [4.78, 5) is 9.05. The molecule has 0 aliphatic carbocycles. The molecule has 1 fully saturated rings. The second kappa shape index (κ2) is 5.51. The van der Waals surface area contributed by atoms with Gasteiger partial charge in [0.1, 0.15) is 11.6 Å². The van der Waals surface area contributed by atoms with E-state index in [1.807, 2.05) is 0 Å². The van der Waals surface area contributed by atoms with Crippen molar-refractivity contribution in [2.75, 3.05) is 43.9 Å². The third-order valence-electron chi connectivity index (χ3n) is 3.41. The van der Waals surface area contributed by atoms with Gasteiger partial charge in [-0.05, 0) is 20.0 Å². The molecule has 0 aromatic carbocycles. The monoisotopic (exact) mass is 288 g/mol. The van der Waals surface area contributed by atoms with Crippen molar-refractivity contribution in [2.45, 2.75) is 13.0 Å². The average molecular weight is 289 g/mol. The fourth-order valence-corrected chi connectivity index (χ4v) is 2.67. The quantitative estimate of drug-likeness (QED) is 0.906. The molecule has 100 valence electrons. The van der Waals surface area contributed by atoms with Crippen molar-refractivity contribution < 1.29 is 0 Å². The van der Waals surface area contributed by atoms with Crippen molar-refractivity contribution in [1.82, 2.24) is 9.88 Å². The van der Waals surface area contributed by atoms with E-state index in [9.17, 15) is 0 Å². The van der Waals surface area contributed by atoms with Crippen LogP contribution in [0.25, 0.3) is 0 Å². The van der Waals surface area contributed by atoms with E-state index in [1.165, 1.54) is 0 Å². The molecule has 1 saturated heterocycles. The number of halogens is 2. The first kappa shape index (κ1) is 13.7. The number of hydrogen-bond acceptors (Lipinski definition) is 4. The number of anilines is 2. The van der Waals surface area contributed by atoms with Crippen LogP contribution in [0.4, 0.5) is 11.6 Å². The van der Waals surface area contributed by atoms with Crippen LogP contribution in [0.3, 0.4) is 0 Å². The van der Waals surface area contributed by atoms with Crippen molar-refractivity contribution >= 4 is 34.8 Å². The van der Waals surface area contributed by atoms with Crippen LogP contribution in [-0.4, -0.2) is 49.7 Å². The third kappa shape index (κ3) is 2.66. The van der Waals surface area contributed by atoms with Gasteiger partial charge >= 0.3 is 0 Å². The lowest BCUT2D eigenvalue weighted by Gasteiger charge is -2.38. The topological polar surface area (TPSA) is 31.4 Å². The SMILES string of the molecule is CNc1nc(N2CCN(C)C(C)C2)c(Cl)cc1Cl. The molecule has 18 heavy (non-hydrogen) atoms. The zero-order valence-corrected chi connectivity index (χ0v) is 12.4. The summed E-state index contributed by atoms with van der Waals surface area (Å²) in [6, 6.07) is 2.24. The molecule has 1 unspecified atom stereocenters. The molecule has 1 aliphatic rings. The lowest BCUT2D eigenvalue weighted by atomic mass is 10.2. The first-order valence-electron chi connectivity index (χ1n) is 6.02. The lowest BCUT2D eigenvalue weighted by Crippen LogP contribution is -2.50. The van der Waals surface area contributed by atoms with E-state index in [0.29, 0.717) is 21.9 Å². The second-order valence-corrected chi connectivity index (χ2v) is 5.46. The Morgan fingerprint density at radius 1 is 1.33 bits per heavy atom. The average Bonchev–Trinajstić information content (AvgIpc) is 2.33. The molecule has 0 amide bonds. The number of rotatable bonds is 2. The van der Waals surface area contributed by atoms with Crippen LogP contribution in [0.2, 0.25) is 10.0 Å². The van der Waals surface area contributed by atoms with Crippen molar-refractivity contribution in [2.24, 2.45) is 0 Å². The number of aromatic nitrogens is 1. The molecule has 1 N–H and O–H groups in total. The standard InChI is InChI=1S/C12H18Cl2N4/c1-8-7-18(5-4-17(8)3)12-10(14)6-9(13)11(15-2)16-12/h6,8H,4-5,7H2,1-3H3,(H,15,16). The van der Waals surface area contributed by atoms with Gasteiger partial charge in [-0.2, -0.15) is 0 Å². The Bertz CT molecular complexity index is 438. The highest BCUT2D eigenvalue weighted by Gasteiger charge is 2.23. The van der Waals surface area contributed by atoms with Crippen LogP contribution in [0.1, 0.15) is 6.92 Å². The summed E-state index contributed by atoms with van der Waals surface area (Å²) in [5.41, 5.74) is 0. The number of nitrogens with one attached hydrogen (secondary N) is 1. The van der Waals surface area contributed by atoms with Gasteiger partial charge in [0.25, 0.3) is 0 Å². The molecule has 0 spiro atoms. The van der Waals surface area contributed by atoms with E-state index < -0.39 is 0 Å². The molecular formula is C12H18Cl2N4. The van der Waals surface area contributed by atoms with Gasteiger partial charge in [0.15, 0.2) is 0 Å². The minimum atomic E-state index is 0.491. The molecule has 0 radical (unpaired) electrons. The Labute approximate surface area is 118 Å². The smallest absolute Gasteiger partial charge is 0.150 e. The highest BCUT2D eigenvalue weighted by atomic mass is 35.5. The Kier molecular flexibility index (Phi) is 4.20. The molecule has 0 saturated carbocycles. The van der Waals surface area contributed by atoms with Gasteiger partial charge in [-0.3, -0.25) is 0 Å². The molecule has 1 aliphatic heterocycles. The summed E-state index contributed by atoms with van der Waals surface area (Å²) in [7, 11) is 3.94. The van der Waals surface area contributed by atoms with Crippen molar-refractivity contribution in [3.05, 3.63) is 16.1 Å². The van der Waals surface area contributed by atoms with E-state index in [-0.39, 0.29) is 0 Å². The van der Waals surface area contributed by atoms with E-state index in [4.69, 9.17) is 23.2 Å². The summed E-state index contributed by atoms with van der Waals surface area (Å²) >= 11 is 12.3. The normalized spacial score (nSPS) is 21.2. The molecular weight excluding hydrogens is 271 g/mol. The van der Waals surface area contributed by atoms with Gasteiger partial charge in [-0.1, -0.05) is 23.2 Å². The Balaban J connectivity index is 2.28. The van der Waals surface area contributed by atoms with Gasteiger partial charge < -0.3 is 15.1 Å². The fraction of sp³-hybridized carbons (Fsp3) is 0.583. The Morgan fingerprint density at radius 3 is 2.67 bits per heavy atom. The lowest BCUT2D eigenvalue weighted by molar-refractivity contribution is 0.233. The fourth-order valence-electron chi connectivity index (χ4n) is 2.09. The van der Waals surface area contributed by atoms with Gasteiger partial charge in [0.05, 0.1) is 10.0 Å². The molecule has 1 aromatic heterocycles. The van der Waals surface area contributed by atoms with Crippen molar-refractivity contribution in [3.8, 4) is 0 Å². The zero-order chi connectivity index (χ0) is 13.3. The highest BCUT2D eigenvalue weighted by molar-refractivity contribution is 6.37. The summed E-state index contributed by atoms with van der Waals surface area (Å²) in [6.45, 7) is 5.07. The molecule has 2 heterocycles. The zero-order valence-electron chi connectivity index (χ0n) is 10.9. The number of nitrogens with zero attached hydrogens (tertiary/aromatic N) is 3. The molecule has 2 rings (SSSR count). The van der Waals surface area contributed by atoms with E-state index in [0.717, 1.165) is 25.5 Å². The molecule has 6 heteroatoms. The highest BCUT2D eigenvalue weighted by Crippen LogP contribution is 2.32. The summed E-state index contributed by atoms with van der Waals surface area (Å²) in [6.07, 6.45) is 0. The third-order valence-corrected chi connectivity index (χ3v) is 3.97. The first-order chi connectivity index (χ1) is 8.52. The van der Waals surface area contributed by atoms with E-state index in [1.54, 1.807) is 13.1 Å². The van der Waals surface area contributed by atoms with Crippen LogP contribution in [0.15, 0.2) is 6.07 Å². The number of likely N-dealkylation sites (N-methyl/N-ethyl adjacent to an activating group) is 1. The van der Waals surface area contributed by atoms with Crippen LogP contribution >= 0.6 is 23.2 Å². The minimum Gasteiger partial charge on any atom is -0.372 e. The largest absolute Gasteiger partial charge is 0.372 e. The van der Waals surface area contributed by atoms with Crippen LogP contribution in [-0.2, 0) is 0 Å². The molecule has 1 atom stereocenters.